The summed E-state index contributed by atoms with van der Waals surface area (Å²) in [5.41, 5.74) is 22.7. The minimum absolute atomic E-state index is 0.124. The van der Waals surface area contributed by atoms with Crippen LogP contribution in [0.1, 0.15) is 116 Å². The number of rotatable bonds is 19. The van der Waals surface area contributed by atoms with Gasteiger partial charge >= 0.3 is 0 Å². The van der Waals surface area contributed by atoms with Gasteiger partial charge in [0.25, 0.3) is 0 Å². The molecule has 0 aromatic heterocycles. The number of guanidine groups is 1. The number of aldehydes is 1. The van der Waals surface area contributed by atoms with E-state index in [9.17, 15) is 43.2 Å². The first-order chi connectivity index (χ1) is 32.2. The number of nitrogens with one attached hydrogen (secondary N) is 2. The van der Waals surface area contributed by atoms with Gasteiger partial charge in [-0.05, 0) is 123 Å². The van der Waals surface area contributed by atoms with Gasteiger partial charge in [0, 0.05) is 45.8 Å². The third-order valence-corrected chi connectivity index (χ3v) is 14.4. The zero-order valence-electron chi connectivity index (χ0n) is 39.1. The van der Waals surface area contributed by atoms with Crippen molar-refractivity contribution in [3.8, 4) is 0 Å². The summed E-state index contributed by atoms with van der Waals surface area (Å²) in [7, 11) is 0. The van der Waals surface area contributed by atoms with Crippen molar-refractivity contribution in [1.82, 2.24) is 40.0 Å². The molecule has 6 aliphatic heterocycles. The molecule has 6 rings (SSSR count). The Bertz CT molecular complexity index is 1880. The second-order valence-corrected chi connectivity index (χ2v) is 19.0. The molecule has 0 bridgehead atoms. The lowest BCUT2D eigenvalue weighted by Gasteiger charge is -2.35. The largest absolute Gasteiger partial charge is 0.370 e. The van der Waals surface area contributed by atoms with Gasteiger partial charge in [-0.1, -0.05) is 0 Å². The van der Waals surface area contributed by atoms with Crippen molar-refractivity contribution in [2.45, 2.75) is 170 Å². The lowest BCUT2D eigenvalue weighted by Crippen LogP contribution is -2.59. The van der Waals surface area contributed by atoms with Crippen molar-refractivity contribution < 1.29 is 43.2 Å². The van der Waals surface area contributed by atoms with Crippen LogP contribution < -0.4 is 33.6 Å². The summed E-state index contributed by atoms with van der Waals surface area (Å²) in [5.74, 6) is -3.32. The molecular formula is C45H73N13O9. The van der Waals surface area contributed by atoms with Gasteiger partial charge in [0.15, 0.2) is 5.96 Å². The second-order valence-electron chi connectivity index (χ2n) is 19.0. The number of hydrogen-bond acceptors (Lipinski definition) is 12. The maximum Gasteiger partial charge on any atom is 0.246 e. The fraction of sp³-hybridized carbons (Fsp3) is 0.778. The third-order valence-electron chi connectivity index (χ3n) is 14.4. The van der Waals surface area contributed by atoms with E-state index >= 15 is 0 Å². The van der Waals surface area contributed by atoms with Crippen LogP contribution in [0.3, 0.4) is 0 Å². The molecular weight excluding hydrogens is 867 g/mol. The lowest BCUT2D eigenvalue weighted by molar-refractivity contribution is -0.151. The maximum atomic E-state index is 14.6. The van der Waals surface area contributed by atoms with Crippen LogP contribution in [0.25, 0.3) is 0 Å². The highest BCUT2D eigenvalue weighted by Crippen LogP contribution is 2.30. The third kappa shape index (κ3) is 11.8. The number of aliphatic imine (C=N–C) groups is 1. The van der Waals surface area contributed by atoms with Crippen molar-refractivity contribution in [3.63, 3.8) is 0 Å². The van der Waals surface area contributed by atoms with Gasteiger partial charge in [0.1, 0.15) is 48.6 Å². The Morgan fingerprint density at radius 1 is 0.552 bits per heavy atom. The molecule has 0 radical (unpaired) electrons. The number of amides is 8. The highest BCUT2D eigenvalue weighted by molar-refractivity contribution is 5.99. The minimum atomic E-state index is -1.10. The van der Waals surface area contributed by atoms with Crippen LogP contribution in [0, 0.1) is 0 Å². The number of nitrogens with zero attached hydrogens (tertiary/aromatic N) is 7. The predicted octanol–water partition coefficient (Wildman–Crippen LogP) is -2.37. The van der Waals surface area contributed by atoms with Crippen LogP contribution in [0.2, 0.25) is 0 Å². The van der Waals surface area contributed by atoms with Crippen LogP contribution in [0.15, 0.2) is 4.99 Å². The van der Waals surface area contributed by atoms with E-state index in [4.69, 9.17) is 22.9 Å². The van der Waals surface area contributed by atoms with Gasteiger partial charge < -0.3 is 67.8 Å². The van der Waals surface area contributed by atoms with E-state index in [-0.39, 0.29) is 62.2 Å². The summed E-state index contributed by atoms with van der Waals surface area (Å²) in [5, 5.41) is 5.83. The van der Waals surface area contributed by atoms with Gasteiger partial charge in [-0.2, -0.15) is 0 Å². The highest BCUT2D eigenvalue weighted by Gasteiger charge is 2.48. The van der Waals surface area contributed by atoms with E-state index in [2.05, 4.69) is 15.6 Å². The molecule has 6 fully saturated rings. The van der Waals surface area contributed by atoms with Gasteiger partial charge in [-0.25, -0.2) is 0 Å². The van der Waals surface area contributed by atoms with E-state index in [1.54, 1.807) is 11.8 Å². The molecule has 0 unspecified atom stereocenters. The van der Waals surface area contributed by atoms with Crippen molar-refractivity contribution in [2.24, 2.45) is 27.9 Å². The lowest BCUT2D eigenvalue weighted by atomic mass is 10.1. The van der Waals surface area contributed by atoms with Gasteiger partial charge in [0.2, 0.25) is 47.3 Å². The number of nitrogens with two attached hydrogens (primary N) is 4. The monoisotopic (exact) mass is 940 g/mol. The molecule has 0 aromatic carbocycles. The molecule has 0 aromatic rings. The van der Waals surface area contributed by atoms with E-state index in [1.165, 1.54) is 24.5 Å². The molecule has 22 nitrogen and oxygen atoms in total. The molecule has 22 heteroatoms. The average molecular weight is 940 g/mol. The summed E-state index contributed by atoms with van der Waals surface area (Å²) in [6.45, 7) is 4.14. The predicted molar refractivity (Wildman–Crippen MR) is 245 cm³/mol. The first-order valence-electron chi connectivity index (χ1n) is 24.6. The molecule has 0 aliphatic carbocycles. The zero-order chi connectivity index (χ0) is 48.4. The number of carbonyl (C=O) groups is 9. The van der Waals surface area contributed by atoms with Crippen LogP contribution in [0.4, 0.5) is 0 Å². The van der Waals surface area contributed by atoms with Crippen LogP contribution in [0.5, 0.6) is 0 Å². The Kier molecular flexibility index (Phi) is 17.9. The SMILES string of the molecule is C[C@H](N)C(=O)N1CCC[C@H]1C(=O)N1CCC[C@H]1C(=O)N1CCC[C@H]1C(=O)N[C@@H](CCCN=C(N)N)C(=O)N1CCC[C@H]1C(=O)N1CCC[C@H]1C(=O)N[C@@H](CCCCN)C(=O)N1CCC[C@H]1C=O. The Morgan fingerprint density at radius 2 is 0.940 bits per heavy atom. The molecule has 6 saturated heterocycles. The van der Waals surface area contributed by atoms with Gasteiger partial charge in [-0.3, -0.25) is 43.3 Å². The van der Waals surface area contributed by atoms with Crippen LogP contribution in [-0.2, 0) is 43.2 Å². The Morgan fingerprint density at radius 3 is 1.40 bits per heavy atom. The zero-order valence-corrected chi connectivity index (χ0v) is 39.1. The fourth-order valence-electron chi connectivity index (χ4n) is 11.0. The van der Waals surface area contributed by atoms with E-state index in [1.807, 2.05) is 0 Å². The number of hydrogen-bond donors (Lipinski definition) is 6. The fourth-order valence-corrected chi connectivity index (χ4v) is 11.0. The Balaban J connectivity index is 1.13. The van der Waals surface area contributed by atoms with Crippen molar-refractivity contribution in [1.29, 1.82) is 0 Å². The molecule has 67 heavy (non-hydrogen) atoms. The Hall–Kier alpha value is -5.38. The first-order valence-corrected chi connectivity index (χ1v) is 24.6. The highest BCUT2D eigenvalue weighted by atomic mass is 16.2. The number of carbonyl (C=O) groups excluding carboxylic acids is 9. The maximum absolute atomic E-state index is 14.6. The van der Waals surface area contributed by atoms with Crippen molar-refractivity contribution in [3.05, 3.63) is 0 Å². The van der Waals surface area contributed by atoms with E-state index < -0.39 is 78.0 Å². The molecule has 8 amide bonds. The molecule has 372 valence electrons. The van der Waals surface area contributed by atoms with E-state index in [0.717, 1.165) is 6.29 Å². The van der Waals surface area contributed by atoms with Crippen LogP contribution in [-0.4, -0.2) is 196 Å². The smallest absolute Gasteiger partial charge is 0.246 e. The summed E-state index contributed by atoms with van der Waals surface area (Å²) >= 11 is 0. The molecule has 0 spiro atoms. The minimum Gasteiger partial charge on any atom is -0.370 e. The van der Waals surface area contributed by atoms with Crippen molar-refractivity contribution in [2.75, 3.05) is 52.4 Å². The molecule has 6 heterocycles. The normalized spacial score (nSPS) is 26.4. The topological polar surface area (TPSA) is 314 Å². The standard InChI is InChI=1S/C45H73N13O9/c1-28(47)39(62)56-24-8-16-34(56)44(67)58-26-10-18-36(58)43(66)55-23-7-15-33(55)38(61)52-31(13-4-20-50-45(48)49)41(64)57-25-9-17-35(57)42(65)54-22-6-14-32(54)37(60)51-30(12-2-3-19-46)40(63)53-21-5-11-29(53)27-59/h27-36H,2-26,46-47H2,1H3,(H,51,60)(H,52,61)(H4,48,49,50)/t28-,29-,30-,31-,32-,33-,34-,35-,36-/m0/s1. The van der Waals surface area contributed by atoms with E-state index in [0.29, 0.717) is 129 Å². The number of unbranched alkanes of at least 4 members (excludes halogenated alkanes) is 1. The van der Waals surface area contributed by atoms with Gasteiger partial charge in [0.05, 0.1) is 12.1 Å². The molecule has 9 atom stereocenters. The summed E-state index contributed by atoms with van der Waals surface area (Å²) in [4.78, 5) is 137. The Labute approximate surface area is 392 Å². The summed E-state index contributed by atoms with van der Waals surface area (Å²) in [6.07, 6.45) is 8.71. The summed E-state index contributed by atoms with van der Waals surface area (Å²) < 4.78 is 0. The molecule has 10 N–H and O–H groups in total. The summed E-state index contributed by atoms with van der Waals surface area (Å²) in [6, 6.07) is -7.53. The van der Waals surface area contributed by atoms with Gasteiger partial charge in [-0.15, -0.1) is 0 Å². The average Bonchev–Trinajstić information content (AvgIpc) is 4.18. The molecule has 6 aliphatic rings. The number of likely N-dealkylation sites (tertiary alicyclic amines) is 6. The van der Waals surface area contributed by atoms with Crippen LogP contribution >= 0.6 is 0 Å². The quantitative estimate of drug-likeness (QED) is 0.0342. The first kappa shape index (κ1) is 51.0. The van der Waals surface area contributed by atoms with Crippen molar-refractivity contribution >= 4 is 59.5 Å². The molecule has 0 saturated carbocycles. The second kappa shape index (κ2) is 23.6.